The highest BCUT2D eigenvalue weighted by atomic mass is 16.3. The summed E-state index contributed by atoms with van der Waals surface area (Å²) in [5, 5.41) is 17.8. The number of aliphatic hydroxyl groups is 1. The van der Waals surface area contributed by atoms with Crippen molar-refractivity contribution in [3.63, 3.8) is 0 Å². The van der Waals surface area contributed by atoms with Crippen molar-refractivity contribution in [2.75, 3.05) is 13.1 Å². The average Bonchev–Trinajstić information content (AvgIpc) is 3.40. The first kappa shape index (κ1) is 18.4. The van der Waals surface area contributed by atoms with Gasteiger partial charge in [-0.3, -0.25) is 4.79 Å². The first-order valence-corrected chi connectivity index (χ1v) is 9.66. The summed E-state index contributed by atoms with van der Waals surface area (Å²) in [5.41, 5.74) is 3.46. The first-order chi connectivity index (χ1) is 13.5. The largest absolute Gasteiger partial charge is 0.387 e. The van der Waals surface area contributed by atoms with Gasteiger partial charge in [0.05, 0.1) is 18.3 Å². The summed E-state index contributed by atoms with van der Waals surface area (Å²) in [6, 6.07) is 10.1. The van der Waals surface area contributed by atoms with Crippen LogP contribution in [0.3, 0.4) is 0 Å². The molecular formula is C21H25N5O2. The molecule has 2 aromatic heterocycles. The van der Waals surface area contributed by atoms with E-state index in [1.807, 2.05) is 59.2 Å². The molecule has 0 radical (unpaired) electrons. The number of carbonyl (C=O) groups excluding carboxylic acids is 1. The molecule has 1 N–H and O–H groups in total. The smallest absolute Gasteiger partial charge is 0.253 e. The molecule has 1 aromatic carbocycles. The van der Waals surface area contributed by atoms with Gasteiger partial charge in [-0.05, 0) is 62.6 Å². The number of piperidine rings is 1. The Morgan fingerprint density at radius 1 is 1.21 bits per heavy atom. The molecule has 0 aliphatic carbocycles. The summed E-state index contributed by atoms with van der Waals surface area (Å²) in [5.74, 6) is 0.0730. The molecule has 3 aromatic rings. The van der Waals surface area contributed by atoms with E-state index in [9.17, 15) is 9.90 Å². The molecule has 1 amide bonds. The second kappa shape index (κ2) is 7.59. The zero-order valence-corrected chi connectivity index (χ0v) is 16.2. The van der Waals surface area contributed by atoms with Gasteiger partial charge < -0.3 is 14.6 Å². The Kier molecular flexibility index (Phi) is 5.00. The molecule has 0 spiro atoms. The van der Waals surface area contributed by atoms with Crippen molar-refractivity contribution in [1.82, 2.24) is 24.5 Å². The lowest BCUT2D eigenvalue weighted by atomic mass is 10.0. The van der Waals surface area contributed by atoms with Crippen molar-refractivity contribution in [3.8, 4) is 5.69 Å². The van der Waals surface area contributed by atoms with Crippen LogP contribution in [0.1, 0.15) is 53.5 Å². The lowest BCUT2D eigenvalue weighted by molar-refractivity contribution is 0.0689. The van der Waals surface area contributed by atoms with Gasteiger partial charge in [0.25, 0.3) is 5.91 Å². The highest BCUT2D eigenvalue weighted by Gasteiger charge is 2.26. The van der Waals surface area contributed by atoms with Crippen LogP contribution in [-0.4, -0.2) is 48.6 Å². The maximum Gasteiger partial charge on any atom is 0.253 e. The topological polar surface area (TPSA) is 76.2 Å². The van der Waals surface area contributed by atoms with E-state index in [1.54, 1.807) is 13.1 Å². The van der Waals surface area contributed by atoms with Crippen LogP contribution < -0.4 is 0 Å². The number of aliphatic hydroxyl groups excluding tert-OH is 1. The maximum absolute atomic E-state index is 12.9. The van der Waals surface area contributed by atoms with Crippen molar-refractivity contribution < 1.29 is 9.90 Å². The quantitative estimate of drug-likeness (QED) is 0.756. The highest BCUT2D eigenvalue weighted by molar-refractivity contribution is 5.94. The highest BCUT2D eigenvalue weighted by Crippen LogP contribution is 2.25. The Labute approximate surface area is 164 Å². The molecule has 1 fully saturated rings. The van der Waals surface area contributed by atoms with Gasteiger partial charge >= 0.3 is 0 Å². The van der Waals surface area contributed by atoms with Gasteiger partial charge in [0.2, 0.25) is 0 Å². The van der Waals surface area contributed by atoms with Crippen molar-refractivity contribution in [2.24, 2.45) is 0 Å². The van der Waals surface area contributed by atoms with Gasteiger partial charge in [0, 0.05) is 36.7 Å². The molecule has 1 aliphatic heterocycles. The third kappa shape index (κ3) is 3.57. The number of hydrogen-bond acceptors (Lipinski definition) is 4. The zero-order valence-electron chi connectivity index (χ0n) is 16.2. The number of benzene rings is 1. The van der Waals surface area contributed by atoms with Gasteiger partial charge in [-0.2, -0.15) is 0 Å². The van der Waals surface area contributed by atoms with Crippen molar-refractivity contribution in [3.05, 3.63) is 65.7 Å². The zero-order chi connectivity index (χ0) is 19.7. The Morgan fingerprint density at radius 3 is 2.54 bits per heavy atom. The monoisotopic (exact) mass is 379 g/mol. The second-order valence-corrected chi connectivity index (χ2v) is 7.41. The van der Waals surface area contributed by atoms with Crippen LogP contribution in [0.25, 0.3) is 5.69 Å². The number of carbonyl (C=O) groups is 1. The van der Waals surface area contributed by atoms with E-state index in [-0.39, 0.29) is 11.9 Å². The van der Waals surface area contributed by atoms with E-state index in [4.69, 9.17) is 0 Å². The number of aromatic nitrogens is 4. The minimum Gasteiger partial charge on any atom is -0.387 e. The van der Waals surface area contributed by atoms with E-state index in [2.05, 4.69) is 14.9 Å². The van der Waals surface area contributed by atoms with E-state index >= 15 is 0 Å². The van der Waals surface area contributed by atoms with Crippen LogP contribution in [0, 0.1) is 6.92 Å². The summed E-state index contributed by atoms with van der Waals surface area (Å²) in [6.07, 6.45) is 6.84. The van der Waals surface area contributed by atoms with Gasteiger partial charge in [-0.15, -0.1) is 5.10 Å². The van der Waals surface area contributed by atoms with Crippen LogP contribution in [0.4, 0.5) is 0 Å². The molecule has 0 saturated carbocycles. The summed E-state index contributed by atoms with van der Waals surface area (Å²) >= 11 is 0. The average molecular weight is 379 g/mol. The molecule has 0 bridgehead atoms. The third-order valence-corrected chi connectivity index (χ3v) is 5.41. The number of aryl methyl sites for hydroxylation is 1. The Bertz CT molecular complexity index is 953. The summed E-state index contributed by atoms with van der Waals surface area (Å²) in [7, 11) is 0. The van der Waals surface area contributed by atoms with Crippen LogP contribution in [0.2, 0.25) is 0 Å². The Balaban J connectivity index is 1.42. The van der Waals surface area contributed by atoms with Crippen molar-refractivity contribution in [1.29, 1.82) is 0 Å². The van der Waals surface area contributed by atoms with E-state index in [1.165, 1.54) is 0 Å². The predicted molar refractivity (Wildman–Crippen MR) is 105 cm³/mol. The molecule has 28 heavy (non-hydrogen) atoms. The second-order valence-electron chi connectivity index (χ2n) is 7.41. The number of nitrogens with zero attached hydrogens (tertiary/aromatic N) is 5. The molecule has 3 heterocycles. The fourth-order valence-electron chi connectivity index (χ4n) is 3.75. The standard InChI is InChI=1S/C21H25N5O2/c1-15-13-17(5-6-20(15)24-9-3-4-10-24)21(28)25-11-7-18(8-12-25)26-14-19(16(2)27)22-23-26/h3-6,9-10,13-14,16,18,27H,7-8,11-12H2,1-2H3/t16-/m0/s1. The van der Waals surface area contributed by atoms with Crippen LogP contribution >= 0.6 is 0 Å². The molecule has 146 valence electrons. The van der Waals surface area contributed by atoms with E-state index in [0.29, 0.717) is 18.8 Å². The molecular weight excluding hydrogens is 354 g/mol. The lowest BCUT2D eigenvalue weighted by Crippen LogP contribution is -2.39. The van der Waals surface area contributed by atoms with Crippen LogP contribution in [0.15, 0.2) is 48.9 Å². The molecule has 7 heteroatoms. The predicted octanol–water partition coefficient (Wildman–Crippen LogP) is 2.91. The normalized spacial score (nSPS) is 16.3. The van der Waals surface area contributed by atoms with Gasteiger partial charge in [-0.25, -0.2) is 4.68 Å². The Morgan fingerprint density at radius 2 is 1.93 bits per heavy atom. The molecule has 1 aliphatic rings. The SMILES string of the molecule is Cc1cc(C(=O)N2CCC(n3cc([C@H](C)O)nn3)CC2)ccc1-n1cccc1. The molecule has 0 unspecified atom stereocenters. The third-order valence-electron chi connectivity index (χ3n) is 5.41. The van der Waals surface area contributed by atoms with Crippen LogP contribution in [0.5, 0.6) is 0 Å². The van der Waals surface area contributed by atoms with Crippen LogP contribution in [-0.2, 0) is 0 Å². The van der Waals surface area contributed by atoms with Crippen molar-refractivity contribution in [2.45, 2.75) is 38.8 Å². The maximum atomic E-state index is 12.9. The molecule has 7 nitrogen and oxygen atoms in total. The number of rotatable bonds is 4. The van der Waals surface area contributed by atoms with Crippen molar-refractivity contribution >= 4 is 5.91 Å². The van der Waals surface area contributed by atoms with E-state index in [0.717, 1.165) is 29.7 Å². The number of hydrogen-bond donors (Lipinski definition) is 1. The molecule has 1 saturated heterocycles. The van der Waals surface area contributed by atoms with E-state index < -0.39 is 6.10 Å². The molecule has 4 rings (SSSR count). The summed E-state index contributed by atoms with van der Waals surface area (Å²) in [6.45, 7) is 5.08. The molecule has 1 atom stereocenters. The van der Waals surface area contributed by atoms with Gasteiger partial charge in [0.1, 0.15) is 5.69 Å². The van der Waals surface area contributed by atoms with Gasteiger partial charge in [0.15, 0.2) is 0 Å². The Hall–Kier alpha value is -2.93. The number of amides is 1. The number of likely N-dealkylation sites (tertiary alicyclic amines) is 1. The first-order valence-electron chi connectivity index (χ1n) is 9.66. The minimum atomic E-state index is -0.617. The van der Waals surface area contributed by atoms with Gasteiger partial charge in [-0.1, -0.05) is 5.21 Å². The summed E-state index contributed by atoms with van der Waals surface area (Å²) < 4.78 is 3.87. The lowest BCUT2D eigenvalue weighted by Gasteiger charge is -2.32. The minimum absolute atomic E-state index is 0.0730. The fourth-order valence-corrected chi connectivity index (χ4v) is 3.75. The fraction of sp³-hybridized carbons (Fsp3) is 0.381. The summed E-state index contributed by atoms with van der Waals surface area (Å²) in [4.78, 5) is 14.8.